The van der Waals surface area contributed by atoms with Crippen LogP contribution >= 0.6 is 0 Å². The number of piperazine rings is 1. The van der Waals surface area contributed by atoms with Crippen molar-refractivity contribution in [3.63, 3.8) is 0 Å². The summed E-state index contributed by atoms with van der Waals surface area (Å²) in [6.45, 7) is 1.42. The van der Waals surface area contributed by atoms with Crippen LogP contribution in [0.2, 0.25) is 0 Å². The summed E-state index contributed by atoms with van der Waals surface area (Å²) in [4.78, 5) is 24.7. The number of carbonyl (C=O) groups excluding carboxylic acids is 2. The third-order valence-electron chi connectivity index (χ3n) is 2.66. The number of hydrogen-bond donors (Lipinski definition) is 1. The Labute approximate surface area is 98.4 Å². The van der Waals surface area contributed by atoms with Gasteiger partial charge in [-0.25, -0.2) is 4.39 Å². The molecule has 0 aromatic heterocycles. The van der Waals surface area contributed by atoms with E-state index in [1.54, 1.807) is 17.0 Å². The van der Waals surface area contributed by atoms with E-state index in [4.69, 9.17) is 0 Å². The van der Waals surface area contributed by atoms with Crippen LogP contribution in [-0.2, 0) is 4.79 Å². The predicted octanol–water partition coefficient (Wildman–Crippen LogP) is 0.440. The Bertz CT molecular complexity index is 448. The lowest BCUT2D eigenvalue weighted by atomic mass is 10.1. The van der Waals surface area contributed by atoms with Crippen molar-refractivity contribution >= 4 is 11.7 Å². The number of hydrogen-bond acceptors (Lipinski definition) is 3. The second kappa shape index (κ2) is 5.05. The summed E-state index contributed by atoms with van der Waals surface area (Å²) in [6, 6.07) is 5.89. The molecule has 1 heterocycles. The maximum Gasteiger partial charge on any atom is 0.234 e. The summed E-state index contributed by atoms with van der Waals surface area (Å²) in [6.07, 6.45) is 0. The van der Waals surface area contributed by atoms with Crippen molar-refractivity contribution in [3.05, 3.63) is 35.6 Å². The van der Waals surface area contributed by atoms with E-state index >= 15 is 0 Å². The van der Waals surface area contributed by atoms with Crippen LogP contribution in [0, 0.1) is 5.82 Å². The first kappa shape index (κ1) is 11.7. The van der Waals surface area contributed by atoms with Crippen molar-refractivity contribution in [2.75, 3.05) is 26.2 Å². The Morgan fingerprint density at radius 3 is 2.88 bits per heavy atom. The molecule has 0 bridgehead atoms. The highest BCUT2D eigenvalue weighted by Gasteiger charge is 2.20. The fourth-order valence-corrected chi connectivity index (χ4v) is 1.80. The molecule has 0 aliphatic carbocycles. The molecule has 90 valence electrons. The number of amides is 1. The summed E-state index contributed by atoms with van der Waals surface area (Å²) in [5.74, 6) is -0.908. The molecule has 0 saturated carbocycles. The van der Waals surface area contributed by atoms with E-state index < -0.39 is 5.82 Å². The fourth-order valence-electron chi connectivity index (χ4n) is 1.80. The molecule has 2 rings (SSSR count). The van der Waals surface area contributed by atoms with E-state index in [-0.39, 0.29) is 30.3 Å². The maximum absolute atomic E-state index is 13.4. The zero-order valence-electron chi connectivity index (χ0n) is 9.28. The van der Waals surface area contributed by atoms with Crippen molar-refractivity contribution in [2.45, 2.75) is 0 Å². The summed E-state index contributed by atoms with van der Waals surface area (Å²) < 4.78 is 13.4. The molecule has 0 spiro atoms. The molecule has 1 fully saturated rings. The average Bonchev–Trinajstić information content (AvgIpc) is 2.29. The molecule has 1 aliphatic rings. The van der Waals surface area contributed by atoms with E-state index in [0.717, 1.165) is 0 Å². The quantitative estimate of drug-likeness (QED) is 0.775. The van der Waals surface area contributed by atoms with Gasteiger partial charge in [0.1, 0.15) is 5.82 Å². The van der Waals surface area contributed by atoms with Crippen molar-refractivity contribution in [1.29, 1.82) is 0 Å². The predicted molar refractivity (Wildman–Crippen MR) is 60.2 cm³/mol. The van der Waals surface area contributed by atoms with E-state index in [9.17, 15) is 14.0 Å². The molecule has 1 amide bonds. The fraction of sp³-hybridized carbons (Fsp3) is 0.333. The Kier molecular flexibility index (Phi) is 3.49. The Morgan fingerprint density at radius 2 is 2.18 bits per heavy atom. The standard InChI is InChI=1S/C12H13FN2O2/c13-10-4-2-1-3-9(10)11(16)7-15-6-5-14-12(17)8-15/h1-4H,5-8H2,(H,14,17). The third kappa shape index (κ3) is 2.88. The molecule has 0 unspecified atom stereocenters. The molecule has 0 radical (unpaired) electrons. The minimum Gasteiger partial charge on any atom is -0.354 e. The SMILES string of the molecule is O=C1CN(CC(=O)c2ccccc2F)CCN1. The van der Waals surface area contributed by atoms with E-state index in [1.165, 1.54) is 12.1 Å². The van der Waals surface area contributed by atoms with Gasteiger partial charge in [0.2, 0.25) is 5.91 Å². The first-order valence-electron chi connectivity index (χ1n) is 5.43. The average molecular weight is 236 g/mol. The minimum absolute atomic E-state index is 0.0777. The minimum atomic E-state index is -0.515. The Morgan fingerprint density at radius 1 is 1.41 bits per heavy atom. The topological polar surface area (TPSA) is 49.4 Å². The van der Waals surface area contributed by atoms with Crippen LogP contribution < -0.4 is 5.32 Å². The molecule has 17 heavy (non-hydrogen) atoms. The van der Waals surface area contributed by atoms with Crippen LogP contribution in [0.1, 0.15) is 10.4 Å². The van der Waals surface area contributed by atoms with Crippen LogP contribution in [-0.4, -0.2) is 42.8 Å². The lowest BCUT2D eigenvalue weighted by molar-refractivity contribution is -0.123. The molecule has 1 aromatic carbocycles. The van der Waals surface area contributed by atoms with Crippen molar-refractivity contribution in [3.8, 4) is 0 Å². The molecule has 1 saturated heterocycles. The van der Waals surface area contributed by atoms with Gasteiger partial charge in [-0.2, -0.15) is 0 Å². The maximum atomic E-state index is 13.4. The number of benzene rings is 1. The lowest BCUT2D eigenvalue weighted by Gasteiger charge is -2.25. The highest BCUT2D eigenvalue weighted by Crippen LogP contribution is 2.08. The largest absolute Gasteiger partial charge is 0.354 e. The molecule has 1 N–H and O–H groups in total. The molecular formula is C12H13FN2O2. The molecule has 5 heteroatoms. The van der Waals surface area contributed by atoms with E-state index in [0.29, 0.717) is 13.1 Å². The molecule has 4 nitrogen and oxygen atoms in total. The van der Waals surface area contributed by atoms with Gasteiger partial charge in [0.15, 0.2) is 5.78 Å². The van der Waals surface area contributed by atoms with Gasteiger partial charge in [0, 0.05) is 13.1 Å². The molecule has 1 aliphatic heterocycles. The number of halogens is 1. The number of nitrogens with one attached hydrogen (secondary N) is 1. The highest BCUT2D eigenvalue weighted by molar-refractivity contribution is 5.98. The van der Waals surface area contributed by atoms with E-state index in [2.05, 4.69) is 5.32 Å². The number of nitrogens with zero attached hydrogens (tertiary/aromatic N) is 1. The first-order valence-corrected chi connectivity index (χ1v) is 5.43. The molecule has 1 aromatic rings. The zero-order valence-corrected chi connectivity index (χ0v) is 9.28. The highest BCUT2D eigenvalue weighted by atomic mass is 19.1. The number of carbonyl (C=O) groups is 2. The van der Waals surface area contributed by atoms with Crippen LogP contribution in [0.15, 0.2) is 24.3 Å². The van der Waals surface area contributed by atoms with Crippen LogP contribution in [0.4, 0.5) is 4.39 Å². The van der Waals surface area contributed by atoms with Crippen molar-refractivity contribution in [1.82, 2.24) is 10.2 Å². The zero-order chi connectivity index (χ0) is 12.3. The van der Waals surface area contributed by atoms with Gasteiger partial charge in [-0.3, -0.25) is 14.5 Å². The van der Waals surface area contributed by atoms with Gasteiger partial charge < -0.3 is 5.32 Å². The third-order valence-corrected chi connectivity index (χ3v) is 2.66. The summed E-state index contributed by atoms with van der Waals surface area (Å²) in [5, 5.41) is 2.67. The smallest absolute Gasteiger partial charge is 0.234 e. The van der Waals surface area contributed by atoms with Crippen molar-refractivity contribution < 1.29 is 14.0 Å². The molecule has 0 atom stereocenters. The lowest BCUT2D eigenvalue weighted by Crippen LogP contribution is -2.49. The monoisotopic (exact) mass is 236 g/mol. The van der Waals surface area contributed by atoms with Gasteiger partial charge in [-0.15, -0.1) is 0 Å². The summed E-state index contributed by atoms with van der Waals surface area (Å²) in [7, 11) is 0. The van der Waals surface area contributed by atoms with Gasteiger partial charge in [0.05, 0.1) is 18.7 Å². The Hall–Kier alpha value is -1.75. The summed E-state index contributed by atoms with van der Waals surface area (Å²) in [5.41, 5.74) is 0.0819. The normalized spacial score (nSPS) is 16.6. The second-order valence-corrected chi connectivity index (χ2v) is 3.96. The van der Waals surface area contributed by atoms with Crippen LogP contribution in [0.5, 0.6) is 0 Å². The van der Waals surface area contributed by atoms with Gasteiger partial charge >= 0.3 is 0 Å². The van der Waals surface area contributed by atoms with Crippen LogP contribution in [0.3, 0.4) is 0 Å². The number of ketones is 1. The van der Waals surface area contributed by atoms with Gasteiger partial charge in [-0.05, 0) is 12.1 Å². The second-order valence-electron chi connectivity index (χ2n) is 3.96. The number of rotatable bonds is 3. The molecular weight excluding hydrogens is 223 g/mol. The van der Waals surface area contributed by atoms with Crippen LogP contribution in [0.25, 0.3) is 0 Å². The number of Topliss-reactive ketones (excluding diaryl/α,β-unsaturated/α-hetero) is 1. The first-order chi connectivity index (χ1) is 8.16. The Balaban J connectivity index is 2.02. The van der Waals surface area contributed by atoms with Gasteiger partial charge in [-0.1, -0.05) is 12.1 Å². The van der Waals surface area contributed by atoms with Gasteiger partial charge in [0.25, 0.3) is 0 Å². The van der Waals surface area contributed by atoms with E-state index in [1.807, 2.05) is 0 Å². The van der Waals surface area contributed by atoms with Crippen molar-refractivity contribution in [2.24, 2.45) is 0 Å². The summed E-state index contributed by atoms with van der Waals surface area (Å²) >= 11 is 0.